The normalized spacial score (nSPS) is 11.2. The number of benzene rings is 1. The smallest absolute Gasteiger partial charge is 0.191 e. The number of hydrogen-bond donors (Lipinski definition) is 2. The quantitative estimate of drug-likeness (QED) is 0.441. The highest BCUT2D eigenvalue weighted by molar-refractivity contribution is 14.0. The Morgan fingerprint density at radius 1 is 1.25 bits per heavy atom. The van der Waals surface area contributed by atoms with Gasteiger partial charge in [0.05, 0.1) is 0 Å². The summed E-state index contributed by atoms with van der Waals surface area (Å²) in [4.78, 5) is 4.17. The fourth-order valence-electron chi connectivity index (χ4n) is 1.87. The molecule has 0 fully saturated rings. The molecule has 0 spiro atoms. The fourth-order valence-corrected chi connectivity index (χ4v) is 1.87. The van der Waals surface area contributed by atoms with E-state index in [1.54, 1.807) is 13.1 Å². The van der Waals surface area contributed by atoms with E-state index >= 15 is 0 Å². The van der Waals surface area contributed by atoms with Crippen LogP contribution >= 0.6 is 24.0 Å². The van der Waals surface area contributed by atoms with Crippen LogP contribution in [-0.2, 0) is 6.54 Å². The molecule has 0 aromatic heterocycles. The predicted molar refractivity (Wildman–Crippen MR) is 94.1 cm³/mol. The molecule has 0 aliphatic carbocycles. The molecule has 5 heteroatoms. The van der Waals surface area contributed by atoms with E-state index in [4.69, 9.17) is 0 Å². The SMILES string of the molecule is CCC(CC)CNC(=NC)NCc1cccc(F)c1.I. The first-order chi connectivity index (χ1) is 9.19. The molecule has 0 aliphatic heterocycles. The molecule has 0 saturated carbocycles. The van der Waals surface area contributed by atoms with E-state index in [-0.39, 0.29) is 29.8 Å². The Morgan fingerprint density at radius 3 is 2.50 bits per heavy atom. The fraction of sp³-hybridized carbons (Fsp3) is 0.533. The molecule has 0 atom stereocenters. The van der Waals surface area contributed by atoms with Crippen LogP contribution in [0, 0.1) is 11.7 Å². The van der Waals surface area contributed by atoms with Crippen LogP contribution in [0.4, 0.5) is 4.39 Å². The lowest BCUT2D eigenvalue weighted by molar-refractivity contribution is 0.481. The van der Waals surface area contributed by atoms with E-state index in [0.717, 1.165) is 30.9 Å². The second-order valence-corrected chi connectivity index (χ2v) is 4.62. The third-order valence-corrected chi connectivity index (χ3v) is 3.29. The summed E-state index contributed by atoms with van der Waals surface area (Å²) in [5, 5.41) is 6.49. The largest absolute Gasteiger partial charge is 0.356 e. The zero-order valence-electron chi connectivity index (χ0n) is 12.4. The zero-order chi connectivity index (χ0) is 14.1. The van der Waals surface area contributed by atoms with Gasteiger partial charge in [0, 0.05) is 20.1 Å². The van der Waals surface area contributed by atoms with Crippen molar-refractivity contribution in [3.63, 3.8) is 0 Å². The molecule has 2 N–H and O–H groups in total. The first kappa shape index (κ1) is 19.1. The Morgan fingerprint density at radius 2 is 1.95 bits per heavy atom. The van der Waals surface area contributed by atoms with E-state index in [2.05, 4.69) is 29.5 Å². The minimum absolute atomic E-state index is 0. The summed E-state index contributed by atoms with van der Waals surface area (Å²) in [6.07, 6.45) is 2.31. The molecule has 0 amide bonds. The van der Waals surface area contributed by atoms with Crippen molar-refractivity contribution < 1.29 is 4.39 Å². The summed E-state index contributed by atoms with van der Waals surface area (Å²) in [6, 6.07) is 6.59. The second kappa shape index (κ2) is 10.9. The van der Waals surface area contributed by atoms with Crippen LogP contribution in [0.1, 0.15) is 32.3 Å². The molecule has 114 valence electrons. The van der Waals surface area contributed by atoms with Crippen molar-refractivity contribution in [2.24, 2.45) is 10.9 Å². The molecule has 0 aliphatic rings. The molecule has 20 heavy (non-hydrogen) atoms. The molecule has 1 aromatic rings. The molecular weight excluding hydrogens is 368 g/mol. The lowest BCUT2D eigenvalue weighted by Crippen LogP contribution is -2.39. The van der Waals surface area contributed by atoms with Crippen LogP contribution in [0.15, 0.2) is 29.3 Å². The van der Waals surface area contributed by atoms with Crippen LogP contribution in [-0.4, -0.2) is 19.6 Å². The number of aliphatic imine (C=N–C) groups is 1. The third kappa shape index (κ3) is 7.07. The number of nitrogens with one attached hydrogen (secondary N) is 2. The van der Waals surface area contributed by atoms with Crippen LogP contribution in [0.25, 0.3) is 0 Å². The molecule has 1 aromatic carbocycles. The van der Waals surface area contributed by atoms with E-state index < -0.39 is 0 Å². The minimum Gasteiger partial charge on any atom is -0.356 e. The van der Waals surface area contributed by atoms with Crippen molar-refractivity contribution >= 4 is 29.9 Å². The van der Waals surface area contributed by atoms with Crippen molar-refractivity contribution in [2.45, 2.75) is 33.2 Å². The average Bonchev–Trinajstić information content (AvgIpc) is 2.43. The van der Waals surface area contributed by atoms with Crippen LogP contribution in [0.2, 0.25) is 0 Å². The standard InChI is InChI=1S/C15H24FN3.HI/c1-4-12(5-2)10-18-15(17-3)19-11-13-7-6-8-14(16)9-13;/h6-9,12H,4-5,10-11H2,1-3H3,(H2,17,18,19);1H. The third-order valence-electron chi connectivity index (χ3n) is 3.29. The number of halogens is 2. The molecule has 1 rings (SSSR count). The van der Waals surface area contributed by atoms with Gasteiger partial charge in [-0.2, -0.15) is 0 Å². The number of rotatable bonds is 6. The monoisotopic (exact) mass is 393 g/mol. The van der Waals surface area contributed by atoms with Gasteiger partial charge in [-0.3, -0.25) is 4.99 Å². The lowest BCUT2D eigenvalue weighted by Gasteiger charge is -2.16. The Labute approximate surface area is 138 Å². The van der Waals surface area contributed by atoms with E-state index in [9.17, 15) is 4.39 Å². The highest BCUT2D eigenvalue weighted by Gasteiger charge is 2.04. The van der Waals surface area contributed by atoms with Crippen molar-refractivity contribution in [2.75, 3.05) is 13.6 Å². The summed E-state index contributed by atoms with van der Waals surface area (Å²) in [7, 11) is 1.74. The highest BCUT2D eigenvalue weighted by Crippen LogP contribution is 2.05. The van der Waals surface area contributed by atoms with Crippen molar-refractivity contribution in [3.05, 3.63) is 35.6 Å². The predicted octanol–water partition coefficient (Wildman–Crippen LogP) is 3.54. The van der Waals surface area contributed by atoms with Crippen LogP contribution in [0.3, 0.4) is 0 Å². The molecule has 0 saturated heterocycles. The van der Waals surface area contributed by atoms with Gasteiger partial charge in [0.25, 0.3) is 0 Å². The van der Waals surface area contributed by atoms with E-state index in [1.807, 2.05) is 6.07 Å². The Kier molecular flexibility index (Phi) is 10.4. The van der Waals surface area contributed by atoms with Crippen LogP contribution < -0.4 is 10.6 Å². The Balaban J connectivity index is 0.00000361. The van der Waals surface area contributed by atoms with Gasteiger partial charge in [-0.25, -0.2) is 4.39 Å². The molecule has 0 unspecified atom stereocenters. The lowest BCUT2D eigenvalue weighted by atomic mass is 10.0. The van der Waals surface area contributed by atoms with Gasteiger partial charge in [-0.05, 0) is 23.6 Å². The summed E-state index contributed by atoms with van der Waals surface area (Å²) in [5.41, 5.74) is 0.908. The number of hydrogen-bond acceptors (Lipinski definition) is 1. The van der Waals surface area contributed by atoms with Crippen molar-refractivity contribution in [1.29, 1.82) is 0 Å². The van der Waals surface area contributed by atoms with Gasteiger partial charge in [-0.1, -0.05) is 38.8 Å². The zero-order valence-corrected chi connectivity index (χ0v) is 14.8. The Bertz CT molecular complexity index is 406. The first-order valence-electron chi connectivity index (χ1n) is 6.88. The summed E-state index contributed by atoms with van der Waals surface area (Å²) < 4.78 is 13.0. The molecular formula is C15H25FIN3. The average molecular weight is 393 g/mol. The second-order valence-electron chi connectivity index (χ2n) is 4.62. The van der Waals surface area contributed by atoms with Gasteiger partial charge in [0.15, 0.2) is 5.96 Å². The Hall–Kier alpha value is -0.850. The first-order valence-corrected chi connectivity index (χ1v) is 6.88. The van der Waals surface area contributed by atoms with Gasteiger partial charge < -0.3 is 10.6 Å². The molecule has 0 heterocycles. The van der Waals surface area contributed by atoms with Gasteiger partial charge >= 0.3 is 0 Å². The molecule has 3 nitrogen and oxygen atoms in total. The van der Waals surface area contributed by atoms with Gasteiger partial charge in [0.2, 0.25) is 0 Å². The van der Waals surface area contributed by atoms with Crippen molar-refractivity contribution in [1.82, 2.24) is 10.6 Å². The highest BCUT2D eigenvalue weighted by atomic mass is 127. The van der Waals surface area contributed by atoms with Crippen molar-refractivity contribution in [3.8, 4) is 0 Å². The maximum absolute atomic E-state index is 13.0. The minimum atomic E-state index is -0.209. The number of nitrogens with zero attached hydrogens (tertiary/aromatic N) is 1. The topological polar surface area (TPSA) is 36.4 Å². The summed E-state index contributed by atoms with van der Waals surface area (Å²) in [5.74, 6) is 1.21. The van der Waals surface area contributed by atoms with Crippen LogP contribution in [0.5, 0.6) is 0 Å². The van der Waals surface area contributed by atoms with E-state index in [0.29, 0.717) is 12.5 Å². The molecule has 0 bridgehead atoms. The number of guanidine groups is 1. The van der Waals surface area contributed by atoms with E-state index in [1.165, 1.54) is 12.1 Å². The maximum Gasteiger partial charge on any atom is 0.191 e. The molecule has 0 radical (unpaired) electrons. The van der Waals surface area contributed by atoms with Gasteiger partial charge in [-0.15, -0.1) is 24.0 Å². The summed E-state index contributed by atoms with van der Waals surface area (Å²) >= 11 is 0. The van der Waals surface area contributed by atoms with Gasteiger partial charge in [0.1, 0.15) is 5.82 Å². The maximum atomic E-state index is 13.0. The summed E-state index contributed by atoms with van der Waals surface area (Å²) in [6.45, 7) is 5.87.